The Kier molecular flexibility index (Phi) is 5.50. The van der Waals surface area contributed by atoms with Crippen LogP contribution >= 0.6 is 11.6 Å². The SMILES string of the molecule is Cc1ccc(N2C(=O)C(=O)/C(=C(/O)c3ccc(Cl)cc3)[C@H]2c2ccc([N+](=O)[O-])cc2)cc1. The Morgan fingerprint density at radius 3 is 2.12 bits per heavy atom. The fourth-order valence-electron chi connectivity index (χ4n) is 3.66. The van der Waals surface area contributed by atoms with E-state index in [9.17, 15) is 24.8 Å². The first-order valence-electron chi connectivity index (χ1n) is 9.66. The molecule has 32 heavy (non-hydrogen) atoms. The summed E-state index contributed by atoms with van der Waals surface area (Å²) >= 11 is 5.93. The largest absolute Gasteiger partial charge is 0.507 e. The number of aliphatic hydroxyl groups is 1. The number of nitro benzene ring substituents is 1. The highest BCUT2D eigenvalue weighted by Crippen LogP contribution is 2.42. The first-order chi connectivity index (χ1) is 15.3. The van der Waals surface area contributed by atoms with Gasteiger partial charge in [0.15, 0.2) is 0 Å². The summed E-state index contributed by atoms with van der Waals surface area (Å²) in [4.78, 5) is 37.9. The van der Waals surface area contributed by atoms with Crippen molar-refractivity contribution in [2.75, 3.05) is 4.90 Å². The summed E-state index contributed by atoms with van der Waals surface area (Å²) < 4.78 is 0. The van der Waals surface area contributed by atoms with E-state index >= 15 is 0 Å². The van der Waals surface area contributed by atoms with Crippen molar-refractivity contribution in [3.63, 3.8) is 0 Å². The Hall–Kier alpha value is -3.97. The van der Waals surface area contributed by atoms with E-state index in [1.54, 1.807) is 48.5 Å². The van der Waals surface area contributed by atoms with Crippen molar-refractivity contribution < 1.29 is 19.6 Å². The van der Waals surface area contributed by atoms with Gasteiger partial charge in [0.25, 0.3) is 17.4 Å². The summed E-state index contributed by atoms with van der Waals surface area (Å²) in [7, 11) is 0. The fraction of sp³-hybridized carbons (Fsp3) is 0.0833. The van der Waals surface area contributed by atoms with Crippen molar-refractivity contribution in [1.29, 1.82) is 0 Å². The third-order valence-corrected chi connectivity index (χ3v) is 5.55. The Bertz CT molecular complexity index is 1250. The van der Waals surface area contributed by atoms with Crippen LogP contribution in [0.1, 0.15) is 22.7 Å². The van der Waals surface area contributed by atoms with E-state index in [4.69, 9.17) is 11.6 Å². The monoisotopic (exact) mass is 448 g/mol. The third kappa shape index (κ3) is 3.74. The average Bonchev–Trinajstić information content (AvgIpc) is 3.05. The number of benzene rings is 3. The predicted molar refractivity (Wildman–Crippen MR) is 121 cm³/mol. The van der Waals surface area contributed by atoms with Gasteiger partial charge in [0.05, 0.1) is 16.5 Å². The van der Waals surface area contributed by atoms with Gasteiger partial charge in [-0.3, -0.25) is 24.6 Å². The van der Waals surface area contributed by atoms with Crippen LogP contribution in [0.25, 0.3) is 5.76 Å². The lowest BCUT2D eigenvalue weighted by atomic mass is 9.95. The van der Waals surface area contributed by atoms with Gasteiger partial charge in [-0.15, -0.1) is 0 Å². The summed E-state index contributed by atoms with van der Waals surface area (Å²) in [6.45, 7) is 1.90. The number of non-ortho nitro benzene ring substituents is 1. The van der Waals surface area contributed by atoms with E-state index in [-0.39, 0.29) is 17.0 Å². The minimum atomic E-state index is -0.964. The zero-order valence-electron chi connectivity index (χ0n) is 16.9. The minimum Gasteiger partial charge on any atom is -0.507 e. The fourth-order valence-corrected chi connectivity index (χ4v) is 3.79. The van der Waals surface area contributed by atoms with Crippen LogP contribution in [0.15, 0.2) is 78.4 Å². The number of hydrogen-bond acceptors (Lipinski definition) is 5. The molecular weight excluding hydrogens is 432 g/mol. The van der Waals surface area contributed by atoms with Gasteiger partial charge in [-0.2, -0.15) is 0 Å². The zero-order valence-corrected chi connectivity index (χ0v) is 17.6. The molecule has 3 aromatic rings. The lowest BCUT2D eigenvalue weighted by molar-refractivity contribution is -0.384. The number of halogens is 1. The summed E-state index contributed by atoms with van der Waals surface area (Å²) in [5.74, 6) is -1.99. The Morgan fingerprint density at radius 2 is 1.56 bits per heavy atom. The molecule has 0 spiro atoms. The number of rotatable bonds is 4. The number of nitro groups is 1. The highest BCUT2D eigenvalue weighted by molar-refractivity contribution is 6.51. The second-order valence-corrected chi connectivity index (χ2v) is 7.80. The maximum atomic E-state index is 13.1. The van der Waals surface area contributed by atoms with Crippen molar-refractivity contribution in [2.45, 2.75) is 13.0 Å². The second-order valence-electron chi connectivity index (χ2n) is 7.36. The second kappa shape index (κ2) is 8.28. The molecule has 0 aromatic heterocycles. The number of carbonyl (C=O) groups is 2. The Balaban J connectivity index is 1.92. The topological polar surface area (TPSA) is 101 Å². The van der Waals surface area contributed by atoms with E-state index in [1.807, 2.05) is 6.92 Å². The molecule has 3 aromatic carbocycles. The molecule has 0 bridgehead atoms. The first-order valence-corrected chi connectivity index (χ1v) is 10.0. The van der Waals surface area contributed by atoms with Gasteiger partial charge < -0.3 is 5.11 Å². The van der Waals surface area contributed by atoms with Crippen LogP contribution in [0.5, 0.6) is 0 Å². The normalized spacial score (nSPS) is 17.6. The number of carbonyl (C=O) groups excluding carboxylic acids is 2. The van der Waals surface area contributed by atoms with Crippen LogP contribution < -0.4 is 4.90 Å². The van der Waals surface area contributed by atoms with Gasteiger partial charge in [-0.25, -0.2) is 0 Å². The molecule has 1 fully saturated rings. The van der Waals surface area contributed by atoms with E-state index in [0.717, 1.165) is 5.56 Å². The van der Waals surface area contributed by atoms with E-state index < -0.39 is 22.7 Å². The van der Waals surface area contributed by atoms with Crippen molar-refractivity contribution >= 4 is 40.4 Å². The van der Waals surface area contributed by atoms with Crippen LogP contribution in [0.2, 0.25) is 5.02 Å². The molecule has 1 aliphatic rings. The lowest BCUT2D eigenvalue weighted by Crippen LogP contribution is -2.29. The van der Waals surface area contributed by atoms with E-state index in [1.165, 1.54) is 29.2 Å². The number of aryl methyl sites for hydroxylation is 1. The molecule has 1 N–H and O–H groups in total. The van der Waals surface area contributed by atoms with Gasteiger partial charge in [0.1, 0.15) is 5.76 Å². The molecular formula is C24H17ClN2O5. The Labute approximate surface area is 188 Å². The smallest absolute Gasteiger partial charge is 0.300 e. The van der Waals surface area contributed by atoms with Gasteiger partial charge in [-0.1, -0.05) is 29.3 Å². The molecule has 7 nitrogen and oxygen atoms in total. The average molecular weight is 449 g/mol. The first kappa shape index (κ1) is 21.3. The molecule has 1 aliphatic heterocycles. The van der Waals surface area contributed by atoms with E-state index in [0.29, 0.717) is 21.8 Å². The summed E-state index contributed by atoms with van der Waals surface area (Å²) in [5.41, 5.74) is 1.98. The lowest BCUT2D eigenvalue weighted by Gasteiger charge is -2.25. The Morgan fingerprint density at radius 1 is 0.969 bits per heavy atom. The number of Topliss-reactive ketones (excluding diaryl/α,β-unsaturated/α-hetero) is 1. The van der Waals surface area contributed by atoms with Crippen molar-refractivity contribution in [3.8, 4) is 0 Å². The number of ketones is 1. The standard InChI is InChI=1S/C24H17ClN2O5/c1-14-2-10-18(11-3-14)26-21(15-6-12-19(13-7-15)27(31)32)20(23(29)24(26)30)22(28)16-4-8-17(25)9-5-16/h2-13,21,28H,1H3/b22-20+/t21-/m1/s1. The molecule has 1 atom stereocenters. The number of anilines is 1. The van der Waals surface area contributed by atoms with Gasteiger partial charge in [0.2, 0.25) is 0 Å². The molecule has 0 saturated carbocycles. The third-order valence-electron chi connectivity index (χ3n) is 5.29. The zero-order chi connectivity index (χ0) is 23.0. The molecule has 0 radical (unpaired) electrons. The quantitative estimate of drug-likeness (QED) is 0.195. The highest BCUT2D eigenvalue weighted by Gasteiger charge is 2.47. The van der Waals surface area contributed by atoms with Crippen LogP contribution in [0.4, 0.5) is 11.4 Å². The van der Waals surface area contributed by atoms with Crippen LogP contribution in [0.3, 0.4) is 0 Å². The van der Waals surface area contributed by atoms with Crippen molar-refractivity contribution in [2.24, 2.45) is 0 Å². The summed E-state index contributed by atoms with van der Waals surface area (Å²) in [6.07, 6.45) is 0. The molecule has 4 rings (SSSR count). The maximum Gasteiger partial charge on any atom is 0.300 e. The van der Waals surface area contributed by atoms with Gasteiger partial charge in [-0.05, 0) is 61.0 Å². The molecule has 160 valence electrons. The number of aliphatic hydroxyl groups excluding tert-OH is 1. The summed E-state index contributed by atoms with van der Waals surface area (Å²) in [5, 5.41) is 22.5. The predicted octanol–water partition coefficient (Wildman–Crippen LogP) is 5.18. The number of amides is 1. The van der Waals surface area contributed by atoms with Gasteiger partial charge >= 0.3 is 0 Å². The number of hydrogen-bond donors (Lipinski definition) is 1. The molecule has 1 saturated heterocycles. The van der Waals surface area contributed by atoms with Gasteiger partial charge in [0, 0.05) is 28.4 Å². The molecule has 1 heterocycles. The number of nitrogens with zero attached hydrogens (tertiary/aromatic N) is 2. The molecule has 8 heteroatoms. The van der Waals surface area contributed by atoms with Crippen LogP contribution in [-0.2, 0) is 9.59 Å². The van der Waals surface area contributed by atoms with Crippen molar-refractivity contribution in [1.82, 2.24) is 0 Å². The highest BCUT2D eigenvalue weighted by atomic mass is 35.5. The summed E-state index contributed by atoms with van der Waals surface area (Å²) in [6, 6.07) is 17.8. The van der Waals surface area contributed by atoms with Crippen LogP contribution in [0, 0.1) is 17.0 Å². The minimum absolute atomic E-state index is 0.105. The van der Waals surface area contributed by atoms with Crippen LogP contribution in [-0.4, -0.2) is 21.7 Å². The van der Waals surface area contributed by atoms with Crippen molar-refractivity contribution in [3.05, 3.63) is 110 Å². The maximum absolute atomic E-state index is 13.1. The molecule has 1 amide bonds. The molecule has 0 aliphatic carbocycles. The van der Waals surface area contributed by atoms with E-state index in [2.05, 4.69) is 0 Å². The molecule has 0 unspecified atom stereocenters.